The van der Waals surface area contributed by atoms with E-state index in [2.05, 4.69) is 18.3 Å². The second-order valence-electron chi connectivity index (χ2n) is 4.58. The van der Waals surface area contributed by atoms with Crippen LogP contribution in [0.5, 0.6) is 0 Å². The molecule has 0 bridgehead atoms. The van der Waals surface area contributed by atoms with Crippen LogP contribution in [-0.4, -0.2) is 22.3 Å². The van der Waals surface area contributed by atoms with E-state index in [1.807, 2.05) is 18.2 Å². The van der Waals surface area contributed by atoms with Crippen molar-refractivity contribution in [3.8, 4) is 6.07 Å². The van der Waals surface area contributed by atoms with Crippen LogP contribution in [0.25, 0.3) is 0 Å². The van der Waals surface area contributed by atoms with Crippen molar-refractivity contribution in [1.82, 2.24) is 5.32 Å². The van der Waals surface area contributed by atoms with Gasteiger partial charge in [0.1, 0.15) is 0 Å². The standard InChI is InChI=1S/C13H16N2OS/c1-10-7-15-13(9-17(16)8-10)12-4-2-3-11(5-12)6-14/h2-5,10,13,15H,7-9H2,1H3. The first-order valence-corrected chi connectivity index (χ1v) is 7.26. The predicted molar refractivity (Wildman–Crippen MR) is 68.9 cm³/mol. The number of nitrogens with one attached hydrogen (secondary N) is 1. The van der Waals surface area contributed by atoms with Crippen LogP contribution in [0.3, 0.4) is 0 Å². The van der Waals surface area contributed by atoms with Gasteiger partial charge in [-0.1, -0.05) is 19.1 Å². The van der Waals surface area contributed by atoms with Crippen LogP contribution < -0.4 is 5.32 Å². The molecule has 1 saturated heterocycles. The molecule has 3 atom stereocenters. The molecule has 1 aliphatic heterocycles. The lowest BCUT2D eigenvalue weighted by Gasteiger charge is -2.16. The molecule has 1 heterocycles. The first-order valence-electron chi connectivity index (χ1n) is 5.77. The Kier molecular flexibility index (Phi) is 3.93. The molecule has 2 rings (SSSR count). The van der Waals surface area contributed by atoms with Gasteiger partial charge in [0.05, 0.1) is 11.6 Å². The summed E-state index contributed by atoms with van der Waals surface area (Å²) in [4.78, 5) is 0. The summed E-state index contributed by atoms with van der Waals surface area (Å²) < 4.78 is 11.8. The maximum atomic E-state index is 11.8. The van der Waals surface area contributed by atoms with Crippen LogP contribution >= 0.6 is 0 Å². The molecule has 1 N–H and O–H groups in total. The van der Waals surface area contributed by atoms with E-state index in [-0.39, 0.29) is 6.04 Å². The maximum absolute atomic E-state index is 11.8. The molecule has 0 aliphatic carbocycles. The fourth-order valence-corrected chi connectivity index (χ4v) is 3.64. The van der Waals surface area contributed by atoms with E-state index in [1.165, 1.54) is 0 Å². The summed E-state index contributed by atoms with van der Waals surface area (Å²) in [7, 11) is -0.772. The monoisotopic (exact) mass is 248 g/mol. The van der Waals surface area contributed by atoms with Crippen LogP contribution in [0.2, 0.25) is 0 Å². The zero-order valence-electron chi connectivity index (χ0n) is 9.85. The normalized spacial score (nSPS) is 29.3. The largest absolute Gasteiger partial charge is 0.309 e. The van der Waals surface area contributed by atoms with Crippen LogP contribution in [0.4, 0.5) is 0 Å². The molecular weight excluding hydrogens is 232 g/mol. The first kappa shape index (κ1) is 12.3. The molecule has 90 valence electrons. The fourth-order valence-electron chi connectivity index (χ4n) is 2.07. The lowest BCUT2D eigenvalue weighted by molar-refractivity contribution is 0.517. The van der Waals surface area contributed by atoms with Crippen molar-refractivity contribution < 1.29 is 4.21 Å². The molecule has 1 fully saturated rings. The Morgan fingerprint density at radius 1 is 1.47 bits per heavy atom. The average Bonchev–Trinajstić information content (AvgIpc) is 2.50. The molecule has 0 spiro atoms. The molecule has 0 radical (unpaired) electrons. The first-order chi connectivity index (χ1) is 8.19. The molecule has 1 aromatic carbocycles. The lowest BCUT2D eigenvalue weighted by Crippen LogP contribution is -2.25. The lowest BCUT2D eigenvalue weighted by atomic mass is 10.1. The van der Waals surface area contributed by atoms with Crippen LogP contribution in [0.15, 0.2) is 24.3 Å². The number of nitrogens with zero attached hydrogens (tertiary/aromatic N) is 1. The van der Waals surface area contributed by atoms with E-state index >= 15 is 0 Å². The molecule has 1 aliphatic rings. The van der Waals surface area contributed by atoms with E-state index in [4.69, 9.17) is 5.26 Å². The van der Waals surface area contributed by atoms with Crippen LogP contribution in [-0.2, 0) is 10.8 Å². The summed E-state index contributed by atoms with van der Waals surface area (Å²) in [6.45, 7) is 2.99. The number of rotatable bonds is 1. The Hall–Kier alpha value is -1.18. The van der Waals surface area contributed by atoms with Gasteiger partial charge in [0.2, 0.25) is 0 Å². The molecule has 3 nitrogen and oxygen atoms in total. The summed E-state index contributed by atoms with van der Waals surface area (Å²) in [5.41, 5.74) is 1.72. The molecule has 17 heavy (non-hydrogen) atoms. The molecule has 0 amide bonds. The zero-order valence-corrected chi connectivity index (χ0v) is 10.7. The van der Waals surface area contributed by atoms with E-state index < -0.39 is 10.8 Å². The predicted octanol–water partition coefficient (Wildman–Crippen LogP) is 1.59. The van der Waals surface area contributed by atoms with E-state index in [0.717, 1.165) is 17.9 Å². The van der Waals surface area contributed by atoms with Crippen molar-refractivity contribution >= 4 is 10.8 Å². The third kappa shape index (κ3) is 3.15. The van der Waals surface area contributed by atoms with Gasteiger partial charge in [-0.05, 0) is 30.2 Å². The maximum Gasteiger partial charge on any atom is 0.0991 e. The van der Waals surface area contributed by atoms with Gasteiger partial charge in [0.25, 0.3) is 0 Å². The number of benzene rings is 1. The fraction of sp³-hybridized carbons (Fsp3) is 0.462. The minimum Gasteiger partial charge on any atom is -0.309 e. The summed E-state index contributed by atoms with van der Waals surface area (Å²) in [6.07, 6.45) is 0. The zero-order chi connectivity index (χ0) is 12.3. The Balaban J connectivity index is 2.21. The Bertz CT molecular complexity index is 467. The topological polar surface area (TPSA) is 52.9 Å². The number of hydrogen-bond donors (Lipinski definition) is 1. The summed E-state index contributed by atoms with van der Waals surface area (Å²) >= 11 is 0. The highest BCUT2D eigenvalue weighted by Crippen LogP contribution is 2.19. The van der Waals surface area contributed by atoms with Gasteiger partial charge in [0, 0.05) is 28.3 Å². The molecule has 4 heteroatoms. The summed E-state index contributed by atoms with van der Waals surface area (Å²) in [5.74, 6) is 1.85. The number of nitriles is 1. The Morgan fingerprint density at radius 2 is 2.29 bits per heavy atom. The summed E-state index contributed by atoms with van der Waals surface area (Å²) in [5, 5.41) is 12.3. The highest BCUT2D eigenvalue weighted by Gasteiger charge is 2.21. The summed E-state index contributed by atoms with van der Waals surface area (Å²) in [6, 6.07) is 9.79. The van der Waals surface area contributed by atoms with Gasteiger partial charge in [-0.15, -0.1) is 0 Å². The van der Waals surface area contributed by atoms with E-state index in [0.29, 0.717) is 17.2 Å². The van der Waals surface area contributed by atoms with Gasteiger partial charge < -0.3 is 5.32 Å². The SMILES string of the molecule is CC1CNC(c2cccc(C#N)c2)CS(=O)C1. The van der Waals surface area contributed by atoms with Gasteiger partial charge in [0.15, 0.2) is 0 Å². The number of hydrogen-bond acceptors (Lipinski definition) is 3. The second-order valence-corrected chi connectivity index (χ2v) is 6.12. The van der Waals surface area contributed by atoms with Crippen LogP contribution in [0.1, 0.15) is 24.1 Å². The van der Waals surface area contributed by atoms with Crippen molar-refractivity contribution in [1.29, 1.82) is 5.26 Å². The van der Waals surface area contributed by atoms with Crippen molar-refractivity contribution in [2.24, 2.45) is 5.92 Å². The molecule has 0 aromatic heterocycles. The minimum absolute atomic E-state index is 0.106. The third-order valence-corrected chi connectivity index (χ3v) is 4.60. The van der Waals surface area contributed by atoms with Gasteiger partial charge in [-0.2, -0.15) is 5.26 Å². The Morgan fingerprint density at radius 3 is 3.06 bits per heavy atom. The van der Waals surface area contributed by atoms with E-state index in [1.54, 1.807) is 6.07 Å². The molecular formula is C13H16N2OS. The van der Waals surface area contributed by atoms with Gasteiger partial charge in [-0.25, -0.2) is 0 Å². The average molecular weight is 248 g/mol. The molecule has 3 unspecified atom stereocenters. The van der Waals surface area contributed by atoms with Crippen molar-refractivity contribution in [3.05, 3.63) is 35.4 Å². The van der Waals surface area contributed by atoms with Crippen LogP contribution in [0, 0.1) is 17.2 Å². The molecule has 0 saturated carbocycles. The van der Waals surface area contributed by atoms with Crippen molar-refractivity contribution in [2.45, 2.75) is 13.0 Å². The van der Waals surface area contributed by atoms with E-state index in [9.17, 15) is 4.21 Å². The van der Waals surface area contributed by atoms with Crippen molar-refractivity contribution in [2.75, 3.05) is 18.1 Å². The third-order valence-electron chi connectivity index (χ3n) is 2.95. The Labute approximate surface area is 104 Å². The van der Waals surface area contributed by atoms with Gasteiger partial charge in [-0.3, -0.25) is 4.21 Å². The highest BCUT2D eigenvalue weighted by molar-refractivity contribution is 7.85. The smallest absolute Gasteiger partial charge is 0.0991 e. The van der Waals surface area contributed by atoms with Crippen molar-refractivity contribution in [3.63, 3.8) is 0 Å². The molecule has 1 aromatic rings. The highest BCUT2D eigenvalue weighted by atomic mass is 32.2. The van der Waals surface area contributed by atoms with Gasteiger partial charge >= 0.3 is 0 Å². The quantitative estimate of drug-likeness (QED) is 0.821. The second kappa shape index (κ2) is 5.44. The minimum atomic E-state index is -0.772.